The van der Waals surface area contributed by atoms with Gasteiger partial charge in [0.1, 0.15) is 17.5 Å². The molecule has 1 unspecified atom stereocenters. The Morgan fingerprint density at radius 2 is 2.11 bits per heavy atom. The van der Waals surface area contributed by atoms with Gasteiger partial charge in [0.15, 0.2) is 0 Å². The SMILES string of the molecule is COCCCC[C@@](O)(c1cccc(Cl)c1F)[C@@H]1CN(C(=O)NC(CC2CCCCC2)[C@H](O)CN)CCO1. The predicted molar refractivity (Wildman–Crippen MR) is 141 cm³/mol. The molecular formula is C27H43ClFN3O5. The van der Waals surface area contributed by atoms with Crippen molar-refractivity contribution < 1.29 is 28.9 Å². The van der Waals surface area contributed by atoms with Gasteiger partial charge in [0.05, 0.1) is 30.3 Å². The van der Waals surface area contributed by atoms with Crippen molar-refractivity contribution in [1.29, 1.82) is 0 Å². The van der Waals surface area contributed by atoms with Crippen LogP contribution in [0, 0.1) is 11.7 Å². The molecule has 1 aromatic carbocycles. The maximum Gasteiger partial charge on any atom is 0.317 e. The molecule has 1 saturated carbocycles. The maximum atomic E-state index is 15.1. The fourth-order valence-corrected chi connectivity index (χ4v) is 5.75. The second-order valence-electron chi connectivity index (χ2n) is 10.4. The number of urea groups is 1. The molecule has 3 rings (SSSR count). The number of aliphatic hydroxyl groups is 2. The van der Waals surface area contributed by atoms with E-state index >= 15 is 4.39 Å². The number of rotatable bonds is 12. The molecule has 210 valence electrons. The number of amides is 2. The number of halogens is 2. The second kappa shape index (κ2) is 14.6. The highest BCUT2D eigenvalue weighted by molar-refractivity contribution is 6.30. The molecule has 1 aliphatic heterocycles. The summed E-state index contributed by atoms with van der Waals surface area (Å²) in [4.78, 5) is 14.9. The third-order valence-corrected chi connectivity index (χ3v) is 8.08. The first-order valence-corrected chi connectivity index (χ1v) is 13.9. The molecule has 0 aromatic heterocycles. The van der Waals surface area contributed by atoms with Gasteiger partial charge in [-0.1, -0.05) is 55.8 Å². The fraction of sp³-hybridized carbons (Fsp3) is 0.741. The summed E-state index contributed by atoms with van der Waals surface area (Å²) in [5.74, 6) is -0.247. The van der Waals surface area contributed by atoms with Gasteiger partial charge in [-0.3, -0.25) is 0 Å². The number of hydrogen-bond donors (Lipinski definition) is 4. The van der Waals surface area contributed by atoms with Crippen LogP contribution >= 0.6 is 11.6 Å². The van der Waals surface area contributed by atoms with Crippen molar-refractivity contribution >= 4 is 17.6 Å². The molecular weight excluding hydrogens is 501 g/mol. The largest absolute Gasteiger partial charge is 0.390 e. The number of ether oxygens (including phenoxy) is 2. The van der Waals surface area contributed by atoms with E-state index in [-0.39, 0.29) is 42.7 Å². The van der Waals surface area contributed by atoms with Crippen molar-refractivity contribution in [2.45, 2.75) is 81.6 Å². The average molecular weight is 544 g/mol. The smallest absolute Gasteiger partial charge is 0.317 e. The number of methoxy groups -OCH3 is 1. The zero-order valence-electron chi connectivity index (χ0n) is 21.8. The highest BCUT2D eigenvalue weighted by Crippen LogP contribution is 2.37. The van der Waals surface area contributed by atoms with Gasteiger partial charge in [0, 0.05) is 32.4 Å². The van der Waals surface area contributed by atoms with Crippen molar-refractivity contribution in [3.63, 3.8) is 0 Å². The maximum absolute atomic E-state index is 15.1. The summed E-state index contributed by atoms with van der Waals surface area (Å²) in [5, 5.41) is 25.3. The second-order valence-corrected chi connectivity index (χ2v) is 10.8. The summed E-state index contributed by atoms with van der Waals surface area (Å²) in [6.45, 7) is 1.13. The minimum absolute atomic E-state index is 0.0541. The first-order chi connectivity index (χ1) is 17.8. The molecule has 10 heteroatoms. The van der Waals surface area contributed by atoms with Gasteiger partial charge in [0.25, 0.3) is 0 Å². The van der Waals surface area contributed by atoms with E-state index in [4.69, 9.17) is 26.8 Å². The molecule has 0 bridgehead atoms. The van der Waals surface area contributed by atoms with Crippen LogP contribution in [0.3, 0.4) is 0 Å². The van der Waals surface area contributed by atoms with Crippen LogP contribution in [-0.4, -0.2) is 79.4 Å². The van der Waals surface area contributed by atoms with Crippen molar-refractivity contribution in [2.24, 2.45) is 11.7 Å². The number of nitrogens with one attached hydrogen (secondary N) is 1. The zero-order chi connectivity index (χ0) is 26.8. The van der Waals surface area contributed by atoms with Gasteiger partial charge in [0.2, 0.25) is 0 Å². The molecule has 4 atom stereocenters. The highest BCUT2D eigenvalue weighted by atomic mass is 35.5. The Hall–Kier alpha value is -1.49. The van der Waals surface area contributed by atoms with Crippen molar-refractivity contribution in [3.05, 3.63) is 34.6 Å². The normalized spacial score (nSPS) is 22.3. The monoisotopic (exact) mass is 543 g/mol. The summed E-state index contributed by atoms with van der Waals surface area (Å²) >= 11 is 6.05. The van der Waals surface area contributed by atoms with Gasteiger partial charge in [-0.2, -0.15) is 0 Å². The van der Waals surface area contributed by atoms with Crippen LogP contribution in [0.5, 0.6) is 0 Å². The van der Waals surface area contributed by atoms with Gasteiger partial charge in [-0.25, -0.2) is 9.18 Å². The lowest BCUT2D eigenvalue weighted by Crippen LogP contribution is -2.59. The summed E-state index contributed by atoms with van der Waals surface area (Å²) in [7, 11) is 1.60. The number of carbonyl (C=O) groups excluding carboxylic acids is 1. The number of nitrogens with two attached hydrogens (primary N) is 1. The van der Waals surface area contributed by atoms with E-state index in [0.29, 0.717) is 38.3 Å². The summed E-state index contributed by atoms with van der Waals surface area (Å²) in [6.07, 6.45) is 6.15. The summed E-state index contributed by atoms with van der Waals surface area (Å²) in [6, 6.07) is 3.73. The Balaban J connectivity index is 1.74. The fourth-order valence-electron chi connectivity index (χ4n) is 5.58. The number of unbranched alkanes of at least 4 members (excludes halogenated alkanes) is 1. The number of nitrogens with zero attached hydrogens (tertiary/aromatic N) is 1. The van der Waals surface area contributed by atoms with Crippen LogP contribution in [0.4, 0.5) is 9.18 Å². The van der Waals surface area contributed by atoms with Crippen LogP contribution in [0.2, 0.25) is 5.02 Å². The zero-order valence-corrected chi connectivity index (χ0v) is 22.6. The van der Waals surface area contributed by atoms with Crippen LogP contribution in [0.1, 0.15) is 63.4 Å². The van der Waals surface area contributed by atoms with E-state index in [0.717, 1.165) is 25.7 Å². The Morgan fingerprint density at radius 1 is 1.35 bits per heavy atom. The summed E-state index contributed by atoms with van der Waals surface area (Å²) in [5.41, 5.74) is 4.11. The molecule has 0 spiro atoms. The Morgan fingerprint density at radius 3 is 2.81 bits per heavy atom. The van der Waals surface area contributed by atoms with E-state index in [1.807, 2.05) is 0 Å². The van der Waals surface area contributed by atoms with Crippen molar-refractivity contribution in [1.82, 2.24) is 10.2 Å². The lowest BCUT2D eigenvalue weighted by Gasteiger charge is -2.43. The third-order valence-electron chi connectivity index (χ3n) is 7.79. The van der Waals surface area contributed by atoms with Gasteiger partial charge >= 0.3 is 6.03 Å². The molecule has 1 saturated heterocycles. The third kappa shape index (κ3) is 8.00. The van der Waals surface area contributed by atoms with Crippen LogP contribution in [0.15, 0.2) is 18.2 Å². The minimum Gasteiger partial charge on any atom is -0.390 e. The highest BCUT2D eigenvalue weighted by Gasteiger charge is 2.44. The van der Waals surface area contributed by atoms with Gasteiger partial charge in [-0.15, -0.1) is 0 Å². The standard InChI is InChI=1S/C27H43ClFN3O5/c1-36-14-6-5-12-27(35,20-10-7-11-21(28)25(20)29)24-18-32(13-15-37-24)26(34)31-22(23(33)17-30)16-19-8-3-2-4-9-19/h7,10-11,19,22-24,33,35H,2-6,8-9,12-18,30H2,1H3,(H,31,34)/t22?,23-,24+,27-/m1/s1. The van der Waals surface area contributed by atoms with E-state index in [9.17, 15) is 15.0 Å². The number of benzene rings is 1. The van der Waals surface area contributed by atoms with E-state index in [1.54, 1.807) is 18.1 Å². The van der Waals surface area contributed by atoms with Gasteiger partial charge in [-0.05, 0) is 37.7 Å². The minimum atomic E-state index is -1.69. The van der Waals surface area contributed by atoms with Crippen molar-refractivity contribution in [3.8, 4) is 0 Å². The Bertz CT molecular complexity index is 859. The van der Waals surface area contributed by atoms with E-state index in [2.05, 4.69) is 5.32 Å². The molecule has 2 fully saturated rings. The first-order valence-electron chi connectivity index (χ1n) is 13.5. The van der Waals surface area contributed by atoms with E-state index < -0.39 is 29.7 Å². The Kier molecular flexibility index (Phi) is 11.9. The molecule has 0 radical (unpaired) electrons. The molecule has 8 nitrogen and oxygen atoms in total. The van der Waals surface area contributed by atoms with Crippen LogP contribution < -0.4 is 11.1 Å². The lowest BCUT2D eigenvalue weighted by molar-refractivity contribution is -0.147. The number of morpholine rings is 1. The molecule has 5 N–H and O–H groups in total. The topological polar surface area (TPSA) is 117 Å². The predicted octanol–water partition coefficient (Wildman–Crippen LogP) is 3.55. The number of hydrogen-bond acceptors (Lipinski definition) is 6. The number of carbonyl (C=O) groups is 1. The average Bonchev–Trinajstić information content (AvgIpc) is 2.92. The van der Waals surface area contributed by atoms with Crippen LogP contribution in [0.25, 0.3) is 0 Å². The quantitative estimate of drug-likeness (QED) is 0.299. The molecule has 1 aromatic rings. The summed E-state index contributed by atoms with van der Waals surface area (Å²) < 4.78 is 26.2. The lowest BCUT2D eigenvalue weighted by atomic mass is 9.82. The molecule has 37 heavy (non-hydrogen) atoms. The Labute approximate surface area is 224 Å². The molecule has 1 heterocycles. The number of aliphatic hydroxyl groups excluding tert-OH is 1. The molecule has 2 aliphatic rings. The van der Waals surface area contributed by atoms with Crippen molar-refractivity contribution in [2.75, 3.05) is 40.0 Å². The molecule has 1 aliphatic carbocycles. The first kappa shape index (κ1) is 30.1. The van der Waals surface area contributed by atoms with E-state index in [1.165, 1.54) is 18.6 Å². The molecule has 2 amide bonds. The van der Waals surface area contributed by atoms with Crippen LogP contribution in [-0.2, 0) is 15.1 Å². The van der Waals surface area contributed by atoms with Gasteiger partial charge < -0.3 is 35.6 Å².